The molecule has 0 N–H and O–H groups in total. The number of cyclic esters (lactones) is 4. The first-order valence-corrected chi connectivity index (χ1v) is 11.4. The summed E-state index contributed by atoms with van der Waals surface area (Å²) >= 11 is 0. The zero-order chi connectivity index (χ0) is 21.6. The molecule has 10 atom stereocenters. The van der Waals surface area contributed by atoms with Crippen LogP contribution in [0.4, 0.5) is 0 Å². The van der Waals surface area contributed by atoms with Crippen LogP contribution < -0.4 is 0 Å². The molecule has 9 fully saturated rings. The zero-order valence-electron chi connectivity index (χ0n) is 17.7. The summed E-state index contributed by atoms with van der Waals surface area (Å²) in [4.78, 5) is 54.5. The lowest BCUT2D eigenvalue weighted by Crippen LogP contribution is -2.66. The SMILES string of the molecule is CC1(C)OC(=O)C([C@]23C4C5C6C[C@H]7C5C4C(C7C62)C32C(=O)OC(C)(C)OC2=O)C(=O)O1. The number of rotatable bonds is 1. The normalized spacial score (nSPS) is 56.7. The quantitative estimate of drug-likeness (QED) is 0.454. The number of carbonyl (C=O) groups is 4. The Hall–Kier alpha value is -2.12. The monoisotopic (exact) mass is 428 g/mol. The van der Waals surface area contributed by atoms with E-state index in [0.717, 1.165) is 6.42 Å². The molecule has 4 bridgehead atoms. The van der Waals surface area contributed by atoms with Crippen molar-refractivity contribution in [2.45, 2.75) is 45.7 Å². The van der Waals surface area contributed by atoms with Gasteiger partial charge in [0.1, 0.15) is 0 Å². The highest BCUT2D eigenvalue weighted by molar-refractivity contribution is 6.08. The third-order valence-corrected chi connectivity index (χ3v) is 10.7. The van der Waals surface area contributed by atoms with E-state index in [0.29, 0.717) is 23.7 Å². The Labute approximate surface area is 178 Å². The predicted octanol–water partition coefficient (Wildman–Crippen LogP) is 1.27. The van der Waals surface area contributed by atoms with E-state index in [4.69, 9.17) is 18.9 Å². The Kier molecular flexibility index (Phi) is 2.39. The lowest BCUT2D eigenvalue weighted by atomic mass is 9.51. The Morgan fingerprint density at radius 3 is 1.84 bits per heavy atom. The van der Waals surface area contributed by atoms with Crippen LogP contribution in [0.2, 0.25) is 0 Å². The molecule has 8 nitrogen and oxygen atoms in total. The highest BCUT2D eigenvalue weighted by atomic mass is 16.8. The van der Waals surface area contributed by atoms with Crippen molar-refractivity contribution in [2.75, 3.05) is 0 Å². The summed E-state index contributed by atoms with van der Waals surface area (Å²) in [5.41, 5.74) is -2.77. The molecule has 7 aliphatic carbocycles. The summed E-state index contributed by atoms with van der Waals surface area (Å²) in [6, 6.07) is 0. The van der Waals surface area contributed by atoms with E-state index < -0.39 is 52.2 Å². The molecule has 164 valence electrons. The Morgan fingerprint density at radius 2 is 1.23 bits per heavy atom. The van der Waals surface area contributed by atoms with E-state index in [1.165, 1.54) is 27.7 Å². The van der Waals surface area contributed by atoms with Gasteiger partial charge >= 0.3 is 23.9 Å². The van der Waals surface area contributed by atoms with Crippen molar-refractivity contribution in [3.05, 3.63) is 0 Å². The van der Waals surface area contributed by atoms with Gasteiger partial charge in [0.25, 0.3) is 11.6 Å². The fraction of sp³-hybridized carbons (Fsp3) is 0.826. The van der Waals surface area contributed by atoms with E-state index in [-0.39, 0.29) is 29.6 Å². The second kappa shape index (κ2) is 4.25. The summed E-state index contributed by atoms with van der Waals surface area (Å²) in [7, 11) is 0. The standard InChI is InChI=1S/C23H24O8/c1-20(2)28-16(24)15(17(25)29-20)22-12-7-5-6-8-9(7)13(22)11(8)14(10(6)12)23(22)18(26)30-21(3,4)31-19(23)27/h6-15H,5H2,1-4H3/t6-,7?,8?,9?,10?,11?,12?,13?,14?,22+/m0/s1. The number of ether oxygens (including phenoxy) is 4. The van der Waals surface area contributed by atoms with Gasteiger partial charge in [0.05, 0.1) is 0 Å². The van der Waals surface area contributed by atoms with Crippen molar-refractivity contribution in [3.63, 3.8) is 0 Å². The van der Waals surface area contributed by atoms with E-state index in [1.807, 2.05) is 0 Å². The molecule has 2 heterocycles. The molecule has 9 rings (SSSR count). The van der Waals surface area contributed by atoms with Gasteiger partial charge in [-0.25, -0.2) is 0 Å². The second-order valence-corrected chi connectivity index (χ2v) is 12.0. The summed E-state index contributed by atoms with van der Waals surface area (Å²) in [5.74, 6) is -4.92. The van der Waals surface area contributed by atoms with Crippen LogP contribution in [-0.4, -0.2) is 35.5 Å². The van der Waals surface area contributed by atoms with Gasteiger partial charge < -0.3 is 18.9 Å². The second-order valence-electron chi connectivity index (χ2n) is 12.0. The first-order chi connectivity index (χ1) is 14.5. The van der Waals surface area contributed by atoms with Crippen LogP contribution in [0.25, 0.3) is 0 Å². The van der Waals surface area contributed by atoms with Crippen molar-refractivity contribution in [3.8, 4) is 0 Å². The lowest BCUT2D eigenvalue weighted by Gasteiger charge is -2.53. The fourth-order valence-electron chi connectivity index (χ4n) is 11.1. The van der Waals surface area contributed by atoms with E-state index in [1.54, 1.807) is 0 Å². The van der Waals surface area contributed by atoms with Crippen LogP contribution in [0.15, 0.2) is 0 Å². The number of hydrogen-bond donors (Lipinski definition) is 0. The molecular weight excluding hydrogens is 404 g/mol. The summed E-state index contributed by atoms with van der Waals surface area (Å²) in [5, 5.41) is 0. The number of carbonyl (C=O) groups excluding carboxylic acids is 4. The van der Waals surface area contributed by atoms with Gasteiger partial charge in [0, 0.05) is 33.1 Å². The maximum absolute atomic E-state index is 13.8. The summed E-state index contributed by atoms with van der Waals surface area (Å²) in [6.07, 6.45) is 1.07. The molecule has 7 saturated carbocycles. The van der Waals surface area contributed by atoms with Gasteiger partial charge in [0.2, 0.25) is 0 Å². The number of esters is 4. The summed E-state index contributed by atoms with van der Waals surface area (Å²) < 4.78 is 22.5. The zero-order valence-corrected chi connectivity index (χ0v) is 17.7. The molecule has 0 aromatic heterocycles. The predicted molar refractivity (Wildman–Crippen MR) is 96.9 cm³/mol. The van der Waals surface area contributed by atoms with Crippen LogP contribution in [0.5, 0.6) is 0 Å². The van der Waals surface area contributed by atoms with Crippen molar-refractivity contribution in [2.24, 2.45) is 70.0 Å². The summed E-state index contributed by atoms with van der Waals surface area (Å²) in [6.45, 7) is 6.11. The molecule has 0 amide bonds. The smallest absolute Gasteiger partial charge is 0.327 e. The van der Waals surface area contributed by atoms with Gasteiger partial charge in [-0.05, 0) is 59.7 Å². The third kappa shape index (κ3) is 1.32. The highest BCUT2D eigenvalue weighted by Crippen LogP contribution is 2.99. The first-order valence-electron chi connectivity index (χ1n) is 11.4. The molecule has 0 aromatic rings. The molecule has 8 heteroatoms. The van der Waals surface area contributed by atoms with Crippen molar-refractivity contribution < 1.29 is 38.1 Å². The average molecular weight is 428 g/mol. The molecule has 0 aromatic carbocycles. The molecular formula is C23H24O8. The Bertz CT molecular complexity index is 1020. The van der Waals surface area contributed by atoms with Crippen LogP contribution in [0.1, 0.15) is 34.1 Å². The maximum atomic E-state index is 13.8. The van der Waals surface area contributed by atoms with Gasteiger partial charge in [0.15, 0.2) is 11.3 Å². The largest absolute Gasteiger partial charge is 0.422 e. The van der Waals surface area contributed by atoms with Crippen molar-refractivity contribution in [1.29, 1.82) is 0 Å². The average Bonchev–Trinajstić information content (AvgIpc) is 3.21. The van der Waals surface area contributed by atoms with Gasteiger partial charge in [-0.2, -0.15) is 0 Å². The molecule has 2 aliphatic heterocycles. The van der Waals surface area contributed by atoms with Gasteiger partial charge in [-0.1, -0.05) is 0 Å². The minimum absolute atomic E-state index is 0.0334. The fourth-order valence-corrected chi connectivity index (χ4v) is 11.1. The van der Waals surface area contributed by atoms with Crippen LogP contribution >= 0.6 is 0 Å². The van der Waals surface area contributed by atoms with Crippen molar-refractivity contribution in [1.82, 2.24) is 0 Å². The minimum atomic E-state index is -1.62. The maximum Gasteiger partial charge on any atom is 0.327 e. The van der Waals surface area contributed by atoms with Gasteiger partial charge in [-0.3, -0.25) is 19.2 Å². The topological polar surface area (TPSA) is 105 Å². The highest BCUT2D eigenvalue weighted by Gasteiger charge is 3.03. The Morgan fingerprint density at radius 1 is 0.645 bits per heavy atom. The third-order valence-electron chi connectivity index (χ3n) is 10.7. The van der Waals surface area contributed by atoms with Gasteiger partial charge in [-0.15, -0.1) is 0 Å². The van der Waals surface area contributed by atoms with Crippen molar-refractivity contribution >= 4 is 23.9 Å². The molecule has 0 radical (unpaired) electrons. The molecule has 31 heavy (non-hydrogen) atoms. The van der Waals surface area contributed by atoms with Crippen LogP contribution in [0.3, 0.4) is 0 Å². The first kappa shape index (κ1) is 17.4. The molecule has 9 aliphatic rings. The van der Waals surface area contributed by atoms with E-state index >= 15 is 0 Å². The number of hydrogen-bond acceptors (Lipinski definition) is 8. The van der Waals surface area contributed by atoms with Crippen LogP contribution in [-0.2, 0) is 38.1 Å². The lowest BCUT2D eigenvalue weighted by molar-refractivity contribution is -0.271. The Balaban J connectivity index is 1.40. The molecule has 2 saturated heterocycles. The molecule has 8 unspecified atom stereocenters. The minimum Gasteiger partial charge on any atom is -0.422 e. The van der Waals surface area contributed by atoms with E-state index in [9.17, 15) is 19.2 Å². The van der Waals surface area contributed by atoms with E-state index in [2.05, 4.69) is 0 Å². The van der Waals surface area contributed by atoms with Crippen LogP contribution in [0, 0.1) is 70.0 Å². The molecule has 1 spiro atoms.